The summed E-state index contributed by atoms with van der Waals surface area (Å²) in [6.07, 6.45) is -3.09. The minimum absolute atomic E-state index is 0.215. The van der Waals surface area contributed by atoms with Gasteiger partial charge in [-0.2, -0.15) is 0 Å². The predicted molar refractivity (Wildman–Crippen MR) is 37.6 cm³/mol. The summed E-state index contributed by atoms with van der Waals surface area (Å²) in [4.78, 5) is 13.3. The molecule has 14 heavy (non-hydrogen) atoms. The number of pyridine rings is 1. The van der Waals surface area contributed by atoms with Crippen LogP contribution >= 0.6 is 0 Å². The van der Waals surface area contributed by atoms with E-state index in [1.807, 2.05) is 0 Å². The largest absolute Gasteiger partial charge is 0.364 e. The van der Waals surface area contributed by atoms with Crippen LogP contribution in [0.15, 0.2) is 6.07 Å². The zero-order chi connectivity index (χ0) is 10.9. The van der Waals surface area contributed by atoms with Crippen LogP contribution in [-0.2, 0) is 0 Å². The highest BCUT2D eigenvalue weighted by molar-refractivity contribution is 5.91. The Morgan fingerprint density at radius 1 is 1.43 bits per heavy atom. The van der Waals surface area contributed by atoms with Crippen LogP contribution in [0, 0.1) is 11.6 Å². The molecule has 0 aliphatic heterocycles. The number of carbonyl (C=O) groups is 1. The molecule has 0 saturated carbocycles. The Labute approximate surface area is 75.5 Å². The number of aromatic nitrogens is 1. The molecule has 0 radical (unpaired) electrons. The highest BCUT2D eigenvalue weighted by Gasteiger charge is 2.20. The number of hydrogen-bond acceptors (Lipinski definition) is 2. The third-order valence-corrected chi connectivity index (χ3v) is 1.39. The second kappa shape index (κ2) is 3.60. The van der Waals surface area contributed by atoms with Crippen molar-refractivity contribution in [3.05, 3.63) is 29.1 Å². The minimum Gasteiger partial charge on any atom is -0.364 e. The van der Waals surface area contributed by atoms with Crippen LogP contribution in [0.1, 0.15) is 22.6 Å². The monoisotopic (exact) mass is 208 g/mol. The van der Waals surface area contributed by atoms with Crippen LogP contribution in [0.3, 0.4) is 0 Å². The molecule has 0 atom stereocenters. The van der Waals surface area contributed by atoms with Crippen molar-refractivity contribution < 1.29 is 22.4 Å². The molecule has 0 spiro atoms. The summed E-state index contributed by atoms with van der Waals surface area (Å²) >= 11 is 0. The number of halogens is 4. The molecule has 1 amide bonds. The second-order valence-electron chi connectivity index (χ2n) is 2.36. The van der Waals surface area contributed by atoms with Crippen molar-refractivity contribution in [2.75, 3.05) is 0 Å². The van der Waals surface area contributed by atoms with E-state index in [0.717, 1.165) is 0 Å². The van der Waals surface area contributed by atoms with Crippen molar-refractivity contribution in [2.45, 2.75) is 6.43 Å². The topological polar surface area (TPSA) is 56.0 Å². The molecule has 0 fully saturated rings. The van der Waals surface area contributed by atoms with Crippen molar-refractivity contribution in [1.82, 2.24) is 4.98 Å². The zero-order valence-electron chi connectivity index (χ0n) is 6.60. The van der Waals surface area contributed by atoms with Gasteiger partial charge in [-0.05, 0) is 0 Å². The van der Waals surface area contributed by atoms with E-state index < -0.39 is 35.4 Å². The number of nitrogens with two attached hydrogens (primary N) is 1. The number of nitrogens with zero attached hydrogens (tertiary/aromatic N) is 1. The molecule has 0 aliphatic rings. The molecule has 0 bridgehead atoms. The second-order valence-corrected chi connectivity index (χ2v) is 2.36. The van der Waals surface area contributed by atoms with E-state index in [4.69, 9.17) is 0 Å². The quantitative estimate of drug-likeness (QED) is 0.746. The lowest BCUT2D eigenvalue weighted by Crippen LogP contribution is -2.17. The molecule has 76 valence electrons. The first kappa shape index (κ1) is 10.4. The molecule has 3 nitrogen and oxygen atoms in total. The predicted octanol–water partition coefficient (Wildman–Crippen LogP) is 1.40. The van der Waals surface area contributed by atoms with Crippen molar-refractivity contribution in [1.29, 1.82) is 0 Å². The summed E-state index contributed by atoms with van der Waals surface area (Å²) in [5.41, 5.74) is 2.44. The van der Waals surface area contributed by atoms with E-state index in [2.05, 4.69) is 10.7 Å². The van der Waals surface area contributed by atoms with Gasteiger partial charge in [0.05, 0.1) is 0 Å². The van der Waals surface area contributed by atoms with Crippen LogP contribution in [0.2, 0.25) is 0 Å². The molecule has 0 aliphatic carbocycles. The normalized spacial score (nSPS) is 10.6. The average Bonchev–Trinajstić information content (AvgIpc) is 2.08. The zero-order valence-corrected chi connectivity index (χ0v) is 6.60. The standard InChI is InChI=1S/C7H4F4N2O/c8-2-1-3(6(10)11)13-5(4(2)9)7(12)14/h1,6H,(H2,12,14). The third kappa shape index (κ3) is 1.81. The van der Waals surface area contributed by atoms with E-state index in [1.165, 1.54) is 0 Å². The van der Waals surface area contributed by atoms with E-state index >= 15 is 0 Å². The highest BCUT2D eigenvalue weighted by atomic mass is 19.3. The molecule has 0 unspecified atom stereocenters. The average molecular weight is 208 g/mol. The van der Waals surface area contributed by atoms with Gasteiger partial charge >= 0.3 is 0 Å². The van der Waals surface area contributed by atoms with Gasteiger partial charge in [-0.25, -0.2) is 22.5 Å². The van der Waals surface area contributed by atoms with Crippen LogP contribution in [0.4, 0.5) is 17.6 Å². The van der Waals surface area contributed by atoms with Crippen LogP contribution in [-0.4, -0.2) is 10.9 Å². The fourth-order valence-corrected chi connectivity index (χ4v) is 0.792. The van der Waals surface area contributed by atoms with Crippen molar-refractivity contribution in [3.8, 4) is 0 Å². The van der Waals surface area contributed by atoms with E-state index in [9.17, 15) is 22.4 Å². The summed E-state index contributed by atoms with van der Waals surface area (Å²) in [6.45, 7) is 0. The highest BCUT2D eigenvalue weighted by Crippen LogP contribution is 2.20. The number of rotatable bonds is 2. The lowest BCUT2D eigenvalue weighted by molar-refractivity contribution is 0.0987. The lowest BCUT2D eigenvalue weighted by atomic mass is 10.2. The summed E-state index contributed by atoms with van der Waals surface area (Å²) < 4.78 is 49.4. The summed E-state index contributed by atoms with van der Waals surface area (Å²) in [7, 11) is 0. The fraction of sp³-hybridized carbons (Fsp3) is 0.143. The third-order valence-electron chi connectivity index (χ3n) is 1.39. The van der Waals surface area contributed by atoms with E-state index in [0.29, 0.717) is 0 Å². The number of carbonyl (C=O) groups excluding carboxylic acids is 1. The Kier molecular flexibility index (Phi) is 2.68. The molecule has 1 rings (SSSR count). The maximum absolute atomic E-state index is 12.7. The fourth-order valence-electron chi connectivity index (χ4n) is 0.792. The molecule has 7 heteroatoms. The summed E-state index contributed by atoms with van der Waals surface area (Å²) in [5, 5.41) is 0. The maximum atomic E-state index is 12.7. The Morgan fingerprint density at radius 3 is 2.43 bits per heavy atom. The van der Waals surface area contributed by atoms with E-state index in [-0.39, 0.29) is 6.07 Å². The van der Waals surface area contributed by atoms with Gasteiger partial charge in [-0.3, -0.25) is 4.79 Å². The Morgan fingerprint density at radius 2 is 2.00 bits per heavy atom. The summed E-state index contributed by atoms with van der Waals surface area (Å²) in [5.74, 6) is -4.60. The maximum Gasteiger partial charge on any atom is 0.280 e. The first-order chi connectivity index (χ1) is 6.43. The van der Waals surface area contributed by atoms with Gasteiger partial charge in [0.25, 0.3) is 12.3 Å². The van der Waals surface area contributed by atoms with Crippen molar-refractivity contribution >= 4 is 5.91 Å². The van der Waals surface area contributed by atoms with Crippen LogP contribution in [0.5, 0.6) is 0 Å². The van der Waals surface area contributed by atoms with Gasteiger partial charge in [0.1, 0.15) is 5.69 Å². The molecule has 1 aromatic rings. The Balaban J connectivity index is 3.35. The Bertz CT molecular complexity index is 380. The first-order valence-electron chi connectivity index (χ1n) is 3.37. The van der Waals surface area contributed by atoms with Gasteiger partial charge < -0.3 is 5.73 Å². The smallest absolute Gasteiger partial charge is 0.280 e. The SMILES string of the molecule is NC(=O)c1nc(C(F)F)cc(F)c1F. The van der Waals surface area contributed by atoms with Crippen LogP contribution < -0.4 is 5.73 Å². The van der Waals surface area contributed by atoms with Gasteiger partial charge in [0, 0.05) is 6.07 Å². The molecule has 1 heterocycles. The first-order valence-corrected chi connectivity index (χ1v) is 3.37. The number of amides is 1. The molecule has 0 saturated heterocycles. The van der Waals surface area contributed by atoms with Gasteiger partial charge in [-0.15, -0.1) is 0 Å². The number of alkyl halides is 2. The molecular weight excluding hydrogens is 204 g/mol. The van der Waals surface area contributed by atoms with Crippen molar-refractivity contribution in [3.63, 3.8) is 0 Å². The molecule has 1 aromatic heterocycles. The van der Waals surface area contributed by atoms with Gasteiger partial charge in [0.15, 0.2) is 17.3 Å². The van der Waals surface area contributed by atoms with Crippen molar-refractivity contribution in [2.24, 2.45) is 5.73 Å². The molecular formula is C7H4F4N2O. The van der Waals surface area contributed by atoms with Crippen LogP contribution in [0.25, 0.3) is 0 Å². The van der Waals surface area contributed by atoms with Gasteiger partial charge in [-0.1, -0.05) is 0 Å². The van der Waals surface area contributed by atoms with Gasteiger partial charge in [0.2, 0.25) is 0 Å². The number of primary amides is 1. The van der Waals surface area contributed by atoms with E-state index in [1.54, 1.807) is 0 Å². The lowest BCUT2D eigenvalue weighted by Gasteiger charge is -2.03. The summed E-state index contributed by atoms with van der Waals surface area (Å²) in [6, 6.07) is 0.215. The molecule has 2 N–H and O–H groups in total. The Hall–Kier alpha value is -1.66. The minimum atomic E-state index is -3.09. The molecule has 0 aromatic carbocycles. The number of hydrogen-bond donors (Lipinski definition) is 1.